The third kappa shape index (κ3) is 4.73. The molecule has 0 radical (unpaired) electrons. The Kier molecular flexibility index (Phi) is 5.12. The van der Waals surface area contributed by atoms with Gasteiger partial charge in [-0.3, -0.25) is 0 Å². The molecule has 1 aliphatic carbocycles. The van der Waals surface area contributed by atoms with Crippen molar-refractivity contribution in [1.29, 1.82) is 0 Å². The summed E-state index contributed by atoms with van der Waals surface area (Å²) in [5.74, 6) is 0. The Morgan fingerprint density at radius 3 is 2.50 bits per heavy atom. The smallest absolute Gasteiger partial charge is 0.408 e. The molecule has 0 unspecified atom stereocenters. The maximum absolute atomic E-state index is 12.0. The first kappa shape index (κ1) is 16.8. The van der Waals surface area contributed by atoms with E-state index in [2.05, 4.69) is 41.8 Å². The van der Waals surface area contributed by atoms with Gasteiger partial charge in [-0.1, -0.05) is 24.3 Å². The topological polar surface area (TPSA) is 50.4 Å². The number of rotatable bonds is 5. The van der Waals surface area contributed by atoms with E-state index in [4.69, 9.17) is 4.74 Å². The number of aryl methyl sites for hydroxylation is 1. The summed E-state index contributed by atoms with van der Waals surface area (Å²) in [5, 5.41) is 6.55. The Labute approximate surface area is 133 Å². The minimum absolute atomic E-state index is 0.148. The first-order valence-corrected chi connectivity index (χ1v) is 8.06. The summed E-state index contributed by atoms with van der Waals surface area (Å²) >= 11 is 0. The fourth-order valence-electron chi connectivity index (χ4n) is 2.71. The van der Waals surface area contributed by atoms with Crippen molar-refractivity contribution in [2.75, 3.05) is 6.54 Å². The first-order valence-electron chi connectivity index (χ1n) is 8.06. The highest BCUT2D eigenvalue weighted by Gasteiger charge is 2.39. The van der Waals surface area contributed by atoms with Gasteiger partial charge in [-0.05, 0) is 58.1 Å². The monoisotopic (exact) mass is 304 g/mol. The Morgan fingerprint density at radius 1 is 1.27 bits per heavy atom. The lowest BCUT2D eigenvalue weighted by atomic mass is 9.76. The van der Waals surface area contributed by atoms with Gasteiger partial charge in [0.05, 0.1) is 5.54 Å². The molecule has 4 heteroatoms. The van der Waals surface area contributed by atoms with E-state index in [0.717, 1.165) is 32.4 Å². The van der Waals surface area contributed by atoms with Crippen LogP contribution in [0.25, 0.3) is 0 Å². The summed E-state index contributed by atoms with van der Waals surface area (Å²) in [6, 6.07) is 8.37. The fourth-order valence-corrected chi connectivity index (χ4v) is 2.71. The second kappa shape index (κ2) is 6.69. The molecule has 0 heterocycles. The zero-order valence-corrected chi connectivity index (χ0v) is 14.2. The van der Waals surface area contributed by atoms with Gasteiger partial charge in [-0.25, -0.2) is 4.79 Å². The van der Waals surface area contributed by atoms with E-state index in [1.54, 1.807) is 0 Å². The molecule has 1 aromatic carbocycles. The zero-order chi connectivity index (χ0) is 16.2. The lowest BCUT2D eigenvalue weighted by molar-refractivity contribution is 0.0382. The van der Waals surface area contributed by atoms with Crippen LogP contribution in [-0.2, 0) is 11.3 Å². The molecular formula is C18H28N2O2. The van der Waals surface area contributed by atoms with Crippen LogP contribution in [-0.4, -0.2) is 23.8 Å². The predicted octanol–water partition coefficient (Wildman–Crippen LogP) is 3.53. The Morgan fingerprint density at radius 2 is 1.95 bits per heavy atom. The van der Waals surface area contributed by atoms with Crippen molar-refractivity contribution < 1.29 is 9.53 Å². The first-order chi connectivity index (χ1) is 10.3. The number of carbonyl (C=O) groups is 1. The molecular weight excluding hydrogens is 276 g/mol. The van der Waals surface area contributed by atoms with Gasteiger partial charge in [0.1, 0.15) is 5.60 Å². The van der Waals surface area contributed by atoms with E-state index in [1.807, 2.05) is 20.8 Å². The molecule has 0 saturated heterocycles. The van der Waals surface area contributed by atoms with Crippen LogP contribution in [0.4, 0.5) is 4.79 Å². The lowest BCUT2D eigenvalue weighted by Gasteiger charge is -2.43. The van der Waals surface area contributed by atoms with Gasteiger partial charge in [0.25, 0.3) is 0 Å². The van der Waals surface area contributed by atoms with Crippen molar-refractivity contribution in [2.24, 2.45) is 0 Å². The Hall–Kier alpha value is -1.55. The van der Waals surface area contributed by atoms with Crippen LogP contribution in [0.3, 0.4) is 0 Å². The SMILES string of the molecule is Cc1ccccc1CNCC1(NC(=O)OC(C)(C)C)CCC1. The predicted molar refractivity (Wildman–Crippen MR) is 88.8 cm³/mol. The van der Waals surface area contributed by atoms with Gasteiger partial charge in [0.2, 0.25) is 0 Å². The molecule has 2 N–H and O–H groups in total. The number of alkyl carbamates (subject to hydrolysis) is 1. The van der Waals surface area contributed by atoms with Crippen LogP contribution in [0, 0.1) is 6.92 Å². The second-order valence-corrected chi connectivity index (χ2v) is 7.29. The van der Waals surface area contributed by atoms with Crippen LogP contribution in [0.1, 0.15) is 51.2 Å². The number of nitrogens with one attached hydrogen (secondary N) is 2. The molecule has 1 amide bonds. The van der Waals surface area contributed by atoms with Gasteiger partial charge in [-0.2, -0.15) is 0 Å². The minimum Gasteiger partial charge on any atom is -0.444 e. The maximum Gasteiger partial charge on any atom is 0.408 e. The quantitative estimate of drug-likeness (QED) is 0.875. The van der Waals surface area contributed by atoms with Crippen LogP contribution >= 0.6 is 0 Å². The van der Waals surface area contributed by atoms with E-state index in [9.17, 15) is 4.79 Å². The molecule has 122 valence electrons. The summed E-state index contributed by atoms with van der Waals surface area (Å²) < 4.78 is 5.38. The summed E-state index contributed by atoms with van der Waals surface area (Å²) in [7, 11) is 0. The van der Waals surface area contributed by atoms with E-state index in [-0.39, 0.29) is 11.6 Å². The fraction of sp³-hybridized carbons (Fsp3) is 0.611. The molecule has 4 nitrogen and oxygen atoms in total. The summed E-state index contributed by atoms with van der Waals surface area (Å²) in [5.41, 5.74) is 1.99. The maximum atomic E-state index is 12.0. The molecule has 0 aliphatic heterocycles. The van der Waals surface area contributed by atoms with Gasteiger partial charge in [0.15, 0.2) is 0 Å². The van der Waals surface area contributed by atoms with Crippen molar-refractivity contribution >= 4 is 6.09 Å². The summed E-state index contributed by atoms with van der Waals surface area (Å²) in [4.78, 5) is 12.0. The van der Waals surface area contributed by atoms with Gasteiger partial charge >= 0.3 is 6.09 Å². The third-order valence-corrected chi connectivity index (χ3v) is 4.12. The van der Waals surface area contributed by atoms with Crippen molar-refractivity contribution in [2.45, 2.75) is 64.6 Å². The number of carbonyl (C=O) groups excluding carboxylic acids is 1. The lowest BCUT2D eigenvalue weighted by Crippen LogP contribution is -2.59. The molecule has 1 saturated carbocycles. The highest BCUT2D eigenvalue weighted by Crippen LogP contribution is 2.31. The second-order valence-electron chi connectivity index (χ2n) is 7.29. The van der Waals surface area contributed by atoms with E-state index in [1.165, 1.54) is 11.1 Å². The van der Waals surface area contributed by atoms with Gasteiger partial charge in [0, 0.05) is 13.1 Å². The average Bonchev–Trinajstić information content (AvgIpc) is 2.35. The normalized spacial score (nSPS) is 16.7. The van der Waals surface area contributed by atoms with Gasteiger partial charge in [-0.15, -0.1) is 0 Å². The largest absolute Gasteiger partial charge is 0.444 e. The molecule has 0 spiro atoms. The molecule has 1 aromatic rings. The van der Waals surface area contributed by atoms with Crippen molar-refractivity contribution in [3.05, 3.63) is 35.4 Å². The van der Waals surface area contributed by atoms with Crippen LogP contribution in [0.5, 0.6) is 0 Å². The van der Waals surface area contributed by atoms with E-state index < -0.39 is 5.60 Å². The minimum atomic E-state index is -0.455. The molecule has 0 aromatic heterocycles. The Balaban J connectivity index is 1.84. The number of ether oxygens (including phenoxy) is 1. The van der Waals surface area contributed by atoms with Crippen LogP contribution in [0.2, 0.25) is 0 Å². The number of amides is 1. The molecule has 0 atom stereocenters. The van der Waals surface area contributed by atoms with Gasteiger partial charge < -0.3 is 15.4 Å². The van der Waals surface area contributed by atoms with Crippen molar-refractivity contribution in [3.8, 4) is 0 Å². The summed E-state index contributed by atoms with van der Waals surface area (Å²) in [6.07, 6.45) is 2.85. The Bertz CT molecular complexity index is 516. The molecule has 2 rings (SSSR count). The van der Waals surface area contributed by atoms with E-state index >= 15 is 0 Å². The van der Waals surface area contributed by atoms with Crippen LogP contribution < -0.4 is 10.6 Å². The average molecular weight is 304 g/mol. The van der Waals surface area contributed by atoms with Crippen LogP contribution in [0.15, 0.2) is 24.3 Å². The van der Waals surface area contributed by atoms with Crippen molar-refractivity contribution in [3.63, 3.8) is 0 Å². The van der Waals surface area contributed by atoms with E-state index in [0.29, 0.717) is 0 Å². The number of hydrogen-bond acceptors (Lipinski definition) is 3. The third-order valence-electron chi connectivity index (χ3n) is 4.12. The molecule has 1 fully saturated rings. The molecule has 1 aliphatic rings. The number of hydrogen-bond donors (Lipinski definition) is 2. The molecule has 0 bridgehead atoms. The highest BCUT2D eigenvalue weighted by molar-refractivity contribution is 5.69. The summed E-state index contributed by atoms with van der Waals surface area (Å²) in [6.45, 7) is 9.38. The highest BCUT2D eigenvalue weighted by atomic mass is 16.6. The standard InChI is InChI=1S/C18H28N2O2/c1-14-8-5-6-9-15(14)12-19-13-18(10-7-11-18)20-16(21)22-17(2,3)4/h5-6,8-9,19H,7,10-13H2,1-4H3,(H,20,21). The van der Waals surface area contributed by atoms with Crippen molar-refractivity contribution in [1.82, 2.24) is 10.6 Å². The zero-order valence-electron chi connectivity index (χ0n) is 14.2. The number of benzene rings is 1. The molecule has 22 heavy (non-hydrogen) atoms.